The molecule has 0 aliphatic carbocycles. The lowest BCUT2D eigenvalue weighted by Gasteiger charge is -2.24. The smallest absolute Gasteiger partial charge is 0.245 e. The summed E-state index contributed by atoms with van der Waals surface area (Å²) in [5.74, 6) is 2.85. The summed E-state index contributed by atoms with van der Waals surface area (Å²) in [6.45, 7) is 5.09. The summed E-state index contributed by atoms with van der Waals surface area (Å²) in [6.07, 6.45) is 6.78. The lowest BCUT2D eigenvalue weighted by molar-refractivity contribution is -0.133. The molecule has 0 radical (unpaired) electrons. The second-order valence-electron chi connectivity index (χ2n) is 4.78. The maximum absolute atomic E-state index is 12.2. The second kappa shape index (κ2) is 6.29. The molecule has 2 amide bonds. The lowest BCUT2D eigenvalue weighted by atomic mass is 10.0. The number of rotatable bonds is 4. The number of carbonyl (C=O) groups is 2. The van der Waals surface area contributed by atoms with Crippen molar-refractivity contribution >= 4 is 11.8 Å². The van der Waals surface area contributed by atoms with Gasteiger partial charge in [0.2, 0.25) is 11.8 Å². The SMILES string of the molecule is C#CCCN1CCC(=O)NC(CC(C)C)C1=O. The normalized spacial score (nSPS) is 21.1. The van der Waals surface area contributed by atoms with E-state index in [-0.39, 0.29) is 17.9 Å². The zero-order valence-electron chi connectivity index (χ0n) is 10.5. The predicted octanol–water partition coefficient (Wildman–Crippen LogP) is 0.773. The number of nitrogens with one attached hydrogen (secondary N) is 1. The van der Waals surface area contributed by atoms with Gasteiger partial charge < -0.3 is 10.2 Å². The number of amides is 2. The van der Waals surface area contributed by atoms with Crippen molar-refractivity contribution in [3.63, 3.8) is 0 Å². The van der Waals surface area contributed by atoms with Gasteiger partial charge >= 0.3 is 0 Å². The Bertz CT molecular complexity index is 331. The number of terminal acetylenes is 1. The van der Waals surface area contributed by atoms with Crippen molar-refractivity contribution in [3.8, 4) is 12.3 Å². The van der Waals surface area contributed by atoms with Crippen LogP contribution in [0.25, 0.3) is 0 Å². The zero-order chi connectivity index (χ0) is 12.8. The molecule has 0 aromatic rings. The molecule has 1 aliphatic rings. The fraction of sp³-hybridized carbons (Fsp3) is 0.692. The molecule has 1 fully saturated rings. The summed E-state index contributed by atoms with van der Waals surface area (Å²) in [7, 11) is 0. The third-order valence-electron chi connectivity index (χ3n) is 2.79. The van der Waals surface area contributed by atoms with E-state index in [1.54, 1.807) is 4.90 Å². The van der Waals surface area contributed by atoms with Crippen LogP contribution in [0.5, 0.6) is 0 Å². The van der Waals surface area contributed by atoms with Gasteiger partial charge in [0.05, 0.1) is 0 Å². The molecule has 0 aromatic heterocycles. The first kappa shape index (κ1) is 13.6. The molecule has 0 spiro atoms. The molecule has 17 heavy (non-hydrogen) atoms. The van der Waals surface area contributed by atoms with Crippen LogP contribution in [-0.2, 0) is 9.59 Å². The molecule has 1 N–H and O–H groups in total. The maximum atomic E-state index is 12.2. The topological polar surface area (TPSA) is 49.4 Å². The quantitative estimate of drug-likeness (QED) is 0.733. The molecule has 4 nitrogen and oxygen atoms in total. The number of carbonyl (C=O) groups excluding carboxylic acids is 2. The minimum Gasteiger partial charge on any atom is -0.344 e. The monoisotopic (exact) mass is 236 g/mol. The van der Waals surface area contributed by atoms with Gasteiger partial charge in [0.25, 0.3) is 0 Å². The minimum absolute atomic E-state index is 0.000185. The number of hydrogen-bond donors (Lipinski definition) is 1. The van der Waals surface area contributed by atoms with Crippen molar-refractivity contribution in [2.24, 2.45) is 5.92 Å². The molecule has 1 rings (SSSR count). The molecule has 0 aromatic carbocycles. The molecule has 4 heteroatoms. The molecule has 1 aliphatic heterocycles. The molecular formula is C13H20N2O2. The molecule has 94 valence electrons. The first-order valence-electron chi connectivity index (χ1n) is 6.06. The fourth-order valence-corrected chi connectivity index (χ4v) is 1.95. The molecule has 1 atom stereocenters. The van der Waals surface area contributed by atoms with Gasteiger partial charge in [-0.3, -0.25) is 9.59 Å². The van der Waals surface area contributed by atoms with Crippen molar-refractivity contribution in [2.45, 2.75) is 39.2 Å². The summed E-state index contributed by atoms with van der Waals surface area (Å²) >= 11 is 0. The Labute approximate surface area is 103 Å². The van der Waals surface area contributed by atoms with Crippen LogP contribution in [0.2, 0.25) is 0 Å². The van der Waals surface area contributed by atoms with Crippen molar-refractivity contribution < 1.29 is 9.59 Å². The minimum atomic E-state index is -0.386. The van der Waals surface area contributed by atoms with Gasteiger partial charge in [-0.15, -0.1) is 12.3 Å². The highest BCUT2D eigenvalue weighted by molar-refractivity contribution is 5.89. The van der Waals surface area contributed by atoms with Crippen LogP contribution in [0.4, 0.5) is 0 Å². The summed E-state index contributed by atoms with van der Waals surface area (Å²) in [4.78, 5) is 25.4. The van der Waals surface area contributed by atoms with Gasteiger partial charge in [-0.25, -0.2) is 0 Å². The lowest BCUT2D eigenvalue weighted by Crippen LogP contribution is -2.45. The highest BCUT2D eigenvalue weighted by atomic mass is 16.2. The Morgan fingerprint density at radius 3 is 2.82 bits per heavy atom. The summed E-state index contributed by atoms with van der Waals surface area (Å²) < 4.78 is 0. The summed E-state index contributed by atoms with van der Waals surface area (Å²) in [5.41, 5.74) is 0. The fourth-order valence-electron chi connectivity index (χ4n) is 1.95. The van der Waals surface area contributed by atoms with E-state index in [9.17, 15) is 9.59 Å². The van der Waals surface area contributed by atoms with E-state index in [1.165, 1.54) is 0 Å². The van der Waals surface area contributed by atoms with E-state index in [2.05, 4.69) is 11.2 Å². The Balaban J connectivity index is 2.71. The zero-order valence-corrected chi connectivity index (χ0v) is 10.5. The van der Waals surface area contributed by atoms with Gasteiger partial charge in [0.15, 0.2) is 0 Å². The van der Waals surface area contributed by atoms with Crippen LogP contribution >= 0.6 is 0 Å². The van der Waals surface area contributed by atoms with E-state index in [0.717, 1.165) is 0 Å². The van der Waals surface area contributed by atoms with Gasteiger partial charge in [-0.2, -0.15) is 0 Å². The summed E-state index contributed by atoms with van der Waals surface area (Å²) in [6, 6.07) is -0.386. The molecule has 0 bridgehead atoms. The maximum Gasteiger partial charge on any atom is 0.245 e. The second-order valence-corrected chi connectivity index (χ2v) is 4.78. The van der Waals surface area contributed by atoms with Crippen molar-refractivity contribution in [1.29, 1.82) is 0 Å². The standard InChI is InChI=1S/C13H20N2O2/c1-4-5-7-15-8-6-12(16)14-11(13(15)17)9-10(2)3/h1,10-11H,5-9H2,2-3H3,(H,14,16). The molecule has 1 unspecified atom stereocenters. The average Bonchev–Trinajstić information content (AvgIpc) is 2.38. The van der Waals surface area contributed by atoms with E-state index in [0.29, 0.717) is 38.3 Å². The molecule has 0 saturated carbocycles. The van der Waals surface area contributed by atoms with Crippen LogP contribution < -0.4 is 5.32 Å². The van der Waals surface area contributed by atoms with E-state index in [1.807, 2.05) is 13.8 Å². The van der Waals surface area contributed by atoms with Gasteiger partial charge in [-0.05, 0) is 12.3 Å². The molecule has 1 heterocycles. The summed E-state index contributed by atoms with van der Waals surface area (Å²) in [5, 5.41) is 2.78. The first-order chi connectivity index (χ1) is 8.04. The van der Waals surface area contributed by atoms with Gasteiger partial charge in [0.1, 0.15) is 6.04 Å². The number of nitrogens with zero attached hydrogens (tertiary/aromatic N) is 1. The number of hydrogen-bond acceptors (Lipinski definition) is 2. The molecule has 1 saturated heterocycles. The average molecular weight is 236 g/mol. The van der Waals surface area contributed by atoms with Crippen LogP contribution in [0.1, 0.15) is 33.1 Å². The van der Waals surface area contributed by atoms with Crippen LogP contribution in [0.3, 0.4) is 0 Å². The first-order valence-corrected chi connectivity index (χ1v) is 6.06. The van der Waals surface area contributed by atoms with Crippen LogP contribution in [0.15, 0.2) is 0 Å². The largest absolute Gasteiger partial charge is 0.344 e. The van der Waals surface area contributed by atoms with Crippen LogP contribution in [0, 0.1) is 18.3 Å². The van der Waals surface area contributed by atoms with Crippen molar-refractivity contribution in [3.05, 3.63) is 0 Å². The predicted molar refractivity (Wildman–Crippen MR) is 66.0 cm³/mol. The van der Waals surface area contributed by atoms with Gasteiger partial charge in [0, 0.05) is 25.9 Å². The Morgan fingerprint density at radius 1 is 1.53 bits per heavy atom. The Morgan fingerprint density at radius 2 is 2.24 bits per heavy atom. The van der Waals surface area contributed by atoms with E-state index < -0.39 is 0 Å². The van der Waals surface area contributed by atoms with E-state index in [4.69, 9.17) is 6.42 Å². The van der Waals surface area contributed by atoms with Gasteiger partial charge in [-0.1, -0.05) is 13.8 Å². The third kappa shape index (κ3) is 4.10. The van der Waals surface area contributed by atoms with E-state index >= 15 is 0 Å². The highest BCUT2D eigenvalue weighted by Crippen LogP contribution is 2.12. The molecular weight excluding hydrogens is 216 g/mol. The third-order valence-corrected chi connectivity index (χ3v) is 2.79. The Hall–Kier alpha value is -1.50. The Kier molecular flexibility index (Phi) is 5.02. The van der Waals surface area contributed by atoms with Crippen molar-refractivity contribution in [1.82, 2.24) is 10.2 Å². The van der Waals surface area contributed by atoms with Crippen molar-refractivity contribution in [2.75, 3.05) is 13.1 Å². The highest BCUT2D eigenvalue weighted by Gasteiger charge is 2.29. The van der Waals surface area contributed by atoms with Crippen LogP contribution in [-0.4, -0.2) is 35.8 Å².